The van der Waals surface area contributed by atoms with Crippen molar-refractivity contribution >= 4 is 40.4 Å². The van der Waals surface area contributed by atoms with Crippen LogP contribution in [0.25, 0.3) is 11.3 Å². The summed E-state index contributed by atoms with van der Waals surface area (Å²) in [6.45, 7) is 4.04. The second-order valence-corrected chi connectivity index (χ2v) is 5.99. The summed E-state index contributed by atoms with van der Waals surface area (Å²) in [6, 6.07) is 1.78. The monoisotopic (exact) mass is 276 g/mol. The van der Waals surface area contributed by atoms with E-state index in [2.05, 4.69) is 5.16 Å². The van der Waals surface area contributed by atoms with Crippen LogP contribution >= 0.6 is 34.5 Å². The molecule has 86 valence electrons. The van der Waals surface area contributed by atoms with Gasteiger partial charge in [-0.15, -0.1) is 11.3 Å². The molecule has 6 heteroatoms. The molecule has 0 aliphatic carbocycles. The number of hydrogen-bond acceptors (Lipinski definition) is 4. The van der Waals surface area contributed by atoms with Crippen molar-refractivity contribution in [1.82, 2.24) is 5.16 Å². The number of aromatic nitrogens is 1. The van der Waals surface area contributed by atoms with E-state index >= 15 is 0 Å². The molecule has 0 spiro atoms. The maximum Gasteiger partial charge on any atom is 0.226 e. The van der Waals surface area contributed by atoms with Crippen LogP contribution in [0, 0.1) is 0 Å². The number of thiophene rings is 1. The third-order valence-corrected chi connectivity index (χ3v) is 3.73. The van der Waals surface area contributed by atoms with Crippen molar-refractivity contribution in [3.05, 3.63) is 20.3 Å². The van der Waals surface area contributed by atoms with Gasteiger partial charge in [-0.2, -0.15) is 0 Å². The number of anilines is 1. The number of nitrogens with zero attached hydrogens (tertiary/aromatic N) is 1. The van der Waals surface area contributed by atoms with Crippen LogP contribution in [0.15, 0.2) is 10.6 Å². The van der Waals surface area contributed by atoms with E-state index in [9.17, 15) is 0 Å². The number of halogens is 2. The first-order valence-corrected chi connectivity index (χ1v) is 6.28. The Kier molecular flexibility index (Phi) is 3.15. The Balaban J connectivity index is 2.60. The van der Waals surface area contributed by atoms with Gasteiger partial charge in [0, 0.05) is 11.1 Å². The fraction of sp³-hybridized carbons (Fsp3) is 0.300. The summed E-state index contributed by atoms with van der Waals surface area (Å²) in [7, 11) is 0. The molecule has 2 rings (SSSR count). The summed E-state index contributed by atoms with van der Waals surface area (Å²) in [5, 5.41) is 3.94. The highest BCUT2D eigenvalue weighted by Gasteiger charge is 2.21. The fourth-order valence-electron chi connectivity index (χ4n) is 1.56. The van der Waals surface area contributed by atoms with Gasteiger partial charge in [0.15, 0.2) is 0 Å². The predicted molar refractivity (Wildman–Crippen MR) is 68.3 cm³/mol. The third kappa shape index (κ3) is 1.93. The van der Waals surface area contributed by atoms with E-state index in [0.29, 0.717) is 20.3 Å². The first kappa shape index (κ1) is 11.8. The van der Waals surface area contributed by atoms with E-state index in [1.54, 1.807) is 6.07 Å². The van der Waals surface area contributed by atoms with Gasteiger partial charge in [-0.1, -0.05) is 42.2 Å². The average Bonchev–Trinajstić information content (AvgIpc) is 2.69. The molecule has 0 saturated heterocycles. The molecule has 3 nitrogen and oxygen atoms in total. The molecule has 2 heterocycles. The zero-order chi connectivity index (χ0) is 11.9. The molecule has 0 saturated carbocycles. The molecule has 0 fully saturated rings. The van der Waals surface area contributed by atoms with Crippen LogP contribution in [0.3, 0.4) is 0 Å². The molecule has 0 aliphatic rings. The van der Waals surface area contributed by atoms with Crippen LogP contribution in [0.2, 0.25) is 8.67 Å². The molecule has 0 atom stereocenters. The molecule has 0 aliphatic heterocycles. The second-order valence-electron chi connectivity index (χ2n) is 3.70. The molecule has 0 amide bonds. The van der Waals surface area contributed by atoms with E-state index in [1.165, 1.54) is 11.3 Å². The minimum absolute atomic E-state index is 0.219. The largest absolute Gasteiger partial charge is 0.367 e. The molecular formula is C10H10Cl2N2OS. The summed E-state index contributed by atoms with van der Waals surface area (Å²) >= 11 is 13.3. The van der Waals surface area contributed by atoms with Crippen LogP contribution in [0.1, 0.15) is 25.3 Å². The molecule has 2 aromatic rings. The average molecular weight is 277 g/mol. The summed E-state index contributed by atoms with van der Waals surface area (Å²) in [5.74, 6) is 0.555. The molecule has 2 aromatic heterocycles. The lowest BCUT2D eigenvalue weighted by molar-refractivity contribution is 0.438. The Hall–Kier alpha value is -0.710. The number of rotatable bonds is 2. The quantitative estimate of drug-likeness (QED) is 0.884. The standard InChI is InChI=1S/C10H10Cl2N2OS/c1-4(2)7-8(14-15-10(7)13)5-3-6(11)16-9(5)12/h3-4H,13H2,1-2H3. The van der Waals surface area contributed by atoms with Crippen molar-refractivity contribution in [2.24, 2.45) is 0 Å². The minimum Gasteiger partial charge on any atom is -0.367 e. The van der Waals surface area contributed by atoms with Crippen LogP contribution < -0.4 is 5.73 Å². The van der Waals surface area contributed by atoms with Gasteiger partial charge in [-0.3, -0.25) is 0 Å². The smallest absolute Gasteiger partial charge is 0.226 e. The SMILES string of the molecule is CC(C)c1c(-c2cc(Cl)sc2Cl)noc1N. The van der Waals surface area contributed by atoms with E-state index in [4.69, 9.17) is 33.5 Å². The Labute approximate surface area is 107 Å². The van der Waals surface area contributed by atoms with Crippen molar-refractivity contribution in [3.8, 4) is 11.3 Å². The van der Waals surface area contributed by atoms with Gasteiger partial charge in [-0.05, 0) is 12.0 Å². The van der Waals surface area contributed by atoms with Crippen LogP contribution in [-0.2, 0) is 0 Å². The van der Waals surface area contributed by atoms with E-state index in [1.807, 2.05) is 13.8 Å². The van der Waals surface area contributed by atoms with Crippen LogP contribution in [0.4, 0.5) is 5.88 Å². The Bertz CT molecular complexity index is 519. The van der Waals surface area contributed by atoms with Gasteiger partial charge >= 0.3 is 0 Å². The second kappa shape index (κ2) is 4.28. The van der Waals surface area contributed by atoms with Gasteiger partial charge in [0.05, 0.1) is 4.34 Å². The zero-order valence-corrected chi connectivity index (χ0v) is 11.1. The van der Waals surface area contributed by atoms with E-state index in [0.717, 1.165) is 11.1 Å². The fourth-order valence-corrected chi connectivity index (χ4v) is 3.03. The maximum atomic E-state index is 6.08. The van der Waals surface area contributed by atoms with Crippen LogP contribution in [-0.4, -0.2) is 5.16 Å². The predicted octanol–water partition coefficient (Wildman–Crippen LogP) is 4.42. The molecule has 0 bridgehead atoms. The van der Waals surface area contributed by atoms with Crippen molar-refractivity contribution in [1.29, 1.82) is 0 Å². The molecule has 16 heavy (non-hydrogen) atoms. The van der Waals surface area contributed by atoms with Crippen LogP contribution in [0.5, 0.6) is 0 Å². The lowest BCUT2D eigenvalue weighted by Gasteiger charge is -2.03. The normalized spacial score (nSPS) is 11.3. The molecular weight excluding hydrogens is 267 g/mol. The molecule has 2 N–H and O–H groups in total. The Morgan fingerprint density at radius 3 is 2.62 bits per heavy atom. The highest BCUT2D eigenvalue weighted by Crippen LogP contribution is 2.41. The number of hydrogen-bond donors (Lipinski definition) is 1. The van der Waals surface area contributed by atoms with Crippen molar-refractivity contribution in [2.45, 2.75) is 19.8 Å². The van der Waals surface area contributed by atoms with Gasteiger partial charge in [0.1, 0.15) is 10.0 Å². The molecule has 0 unspecified atom stereocenters. The molecule has 0 radical (unpaired) electrons. The first-order valence-electron chi connectivity index (χ1n) is 4.71. The van der Waals surface area contributed by atoms with Gasteiger partial charge < -0.3 is 10.3 Å². The Morgan fingerprint density at radius 1 is 1.44 bits per heavy atom. The number of nitrogen functional groups attached to an aromatic ring is 1. The van der Waals surface area contributed by atoms with Crippen molar-refractivity contribution in [3.63, 3.8) is 0 Å². The van der Waals surface area contributed by atoms with Gasteiger partial charge in [-0.25, -0.2) is 0 Å². The first-order chi connectivity index (χ1) is 7.50. The van der Waals surface area contributed by atoms with Gasteiger partial charge in [0.25, 0.3) is 0 Å². The van der Waals surface area contributed by atoms with E-state index in [-0.39, 0.29) is 5.92 Å². The third-order valence-electron chi connectivity index (χ3n) is 2.25. The Morgan fingerprint density at radius 2 is 2.12 bits per heavy atom. The number of nitrogens with two attached hydrogens (primary N) is 1. The molecule has 0 aromatic carbocycles. The highest BCUT2D eigenvalue weighted by atomic mass is 35.5. The summed E-state index contributed by atoms with van der Waals surface area (Å²) in [4.78, 5) is 0. The maximum absolute atomic E-state index is 6.08. The van der Waals surface area contributed by atoms with Crippen molar-refractivity contribution < 1.29 is 4.52 Å². The zero-order valence-electron chi connectivity index (χ0n) is 8.75. The lowest BCUT2D eigenvalue weighted by atomic mass is 10.0. The lowest BCUT2D eigenvalue weighted by Crippen LogP contribution is -1.94. The van der Waals surface area contributed by atoms with E-state index < -0.39 is 0 Å². The topological polar surface area (TPSA) is 52.0 Å². The summed E-state index contributed by atoms with van der Waals surface area (Å²) < 4.78 is 6.23. The highest BCUT2D eigenvalue weighted by molar-refractivity contribution is 7.20. The summed E-state index contributed by atoms with van der Waals surface area (Å²) in [5.41, 5.74) is 8.07. The van der Waals surface area contributed by atoms with Crippen molar-refractivity contribution in [2.75, 3.05) is 5.73 Å². The minimum atomic E-state index is 0.219. The summed E-state index contributed by atoms with van der Waals surface area (Å²) in [6.07, 6.45) is 0. The van der Waals surface area contributed by atoms with Gasteiger partial charge in [0.2, 0.25) is 5.88 Å².